The third-order valence-electron chi connectivity index (χ3n) is 5.18. The number of amides is 1. The first kappa shape index (κ1) is 21.5. The molecule has 31 heavy (non-hydrogen) atoms. The molecule has 3 aromatic rings. The van der Waals surface area contributed by atoms with Gasteiger partial charge in [-0.2, -0.15) is 4.31 Å². The maximum absolute atomic E-state index is 13.1. The predicted octanol–water partition coefficient (Wildman–Crippen LogP) is 3.81. The first-order valence-corrected chi connectivity index (χ1v) is 12.1. The van der Waals surface area contributed by atoms with Crippen LogP contribution in [0.25, 0.3) is 0 Å². The molecule has 7 nitrogen and oxygen atoms in total. The predicted molar refractivity (Wildman–Crippen MR) is 116 cm³/mol. The molecule has 1 fully saturated rings. The van der Waals surface area contributed by atoms with E-state index in [4.69, 9.17) is 0 Å². The Kier molecular flexibility index (Phi) is 6.12. The molecule has 1 atom stereocenters. The van der Waals surface area contributed by atoms with Crippen LogP contribution in [0.4, 0.5) is 10.1 Å². The zero-order valence-corrected chi connectivity index (χ0v) is 18.4. The van der Waals surface area contributed by atoms with Crippen LogP contribution in [0, 0.1) is 12.7 Å². The summed E-state index contributed by atoms with van der Waals surface area (Å²) in [7, 11) is -3.61. The molecule has 2 aromatic carbocycles. The third kappa shape index (κ3) is 4.65. The Labute approximate surface area is 184 Å². The highest BCUT2D eigenvalue weighted by Crippen LogP contribution is 2.32. The van der Waals surface area contributed by atoms with E-state index in [1.54, 1.807) is 25.1 Å². The Balaban J connectivity index is 1.48. The first-order valence-electron chi connectivity index (χ1n) is 9.80. The van der Waals surface area contributed by atoms with E-state index in [0.717, 1.165) is 17.8 Å². The number of carbonyl (C=O) groups excluding carboxylic acids is 1. The SMILES string of the molecule is Cc1ccccc1S(=O)(=O)N1CCCC(c2nnc(C(=O)Nc3ccc(F)cc3)s2)C1. The average molecular weight is 461 g/mol. The van der Waals surface area contributed by atoms with Crippen LogP contribution in [0.3, 0.4) is 0 Å². The van der Waals surface area contributed by atoms with E-state index < -0.39 is 21.7 Å². The number of anilines is 1. The molecule has 1 aromatic heterocycles. The van der Waals surface area contributed by atoms with Crippen LogP contribution in [0.15, 0.2) is 53.4 Å². The molecule has 1 N–H and O–H groups in total. The lowest BCUT2D eigenvalue weighted by Gasteiger charge is -2.31. The van der Waals surface area contributed by atoms with Gasteiger partial charge in [0.05, 0.1) is 4.90 Å². The van der Waals surface area contributed by atoms with E-state index in [9.17, 15) is 17.6 Å². The molecule has 1 unspecified atom stereocenters. The second kappa shape index (κ2) is 8.81. The topological polar surface area (TPSA) is 92.3 Å². The molecular formula is C21H21FN4O3S2. The summed E-state index contributed by atoms with van der Waals surface area (Å²) in [5.41, 5.74) is 1.16. The van der Waals surface area contributed by atoms with Crippen LogP contribution >= 0.6 is 11.3 Å². The summed E-state index contributed by atoms with van der Waals surface area (Å²) in [4.78, 5) is 12.8. The van der Waals surface area contributed by atoms with Crippen molar-refractivity contribution >= 4 is 33.0 Å². The zero-order valence-electron chi connectivity index (χ0n) is 16.8. The van der Waals surface area contributed by atoms with E-state index in [2.05, 4.69) is 15.5 Å². The number of hydrogen-bond donors (Lipinski definition) is 1. The maximum atomic E-state index is 13.1. The molecule has 162 valence electrons. The van der Waals surface area contributed by atoms with Gasteiger partial charge in [0.15, 0.2) is 0 Å². The molecule has 4 rings (SSSR count). The molecule has 1 saturated heterocycles. The van der Waals surface area contributed by atoms with Gasteiger partial charge in [-0.15, -0.1) is 10.2 Å². The molecule has 1 aliphatic rings. The summed E-state index contributed by atoms with van der Waals surface area (Å²) in [6.07, 6.45) is 1.47. The van der Waals surface area contributed by atoms with Gasteiger partial charge in [0.1, 0.15) is 10.8 Å². The van der Waals surface area contributed by atoms with Crippen molar-refractivity contribution in [3.63, 3.8) is 0 Å². The van der Waals surface area contributed by atoms with Crippen LogP contribution in [0.2, 0.25) is 0 Å². The van der Waals surface area contributed by atoms with Crippen LogP contribution in [-0.2, 0) is 10.0 Å². The van der Waals surface area contributed by atoms with Gasteiger partial charge in [0, 0.05) is 24.7 Å². The second-order valence-corrected chi connectivity index (χ2v) is 10.3. The monoisotopic (exact) mass is 460 g/mol. The molecule has 0 spiro atoms. The second-order valence-electron chi connectivity index (χ2n) is 7.37. The molecule has 0 aliphatic carbocycles. The highest BCUT2D eigenvalue weighted by molar-refractivity contribution is 7.89. The van der Waals surface area contributed by atoms with E-state index in [-0.39, 0.29) is 10.9 Å². The van der Waals surface area contributed by atoms with Gasteiger partial charge in [0.25, 0.3) is 5.91 Å². The Morgan fingerprint density at radius 2 is 1.90 bits per heavy atom. The van der Waals surface area contributed by atoms with Crippen molar-refractivity contribution in [1.29, 1.82) is 0 Å². The van der Waals surface area contributed by atoms with Crippen molar-refractivity contribution in [2.24, 2.45) is 0 Å². The number of carbonyl (C=O) groups is 1. The van der Waals surface area contributed by atoms with E-state index >= 15 is 0 Å². The van der Waals surface area contributed by atoms with Crippen molar-refractivity contribution in [3.8, 4) is 0 Å². The minimum Gasteiger partial charge on any atom is -0.320 e. The fourth-order valence-electron chi connectivity index (χ4n) is 3.56. The van der Waals surface area contributed by atoms with Crippen molar-refractivity contribution < 1.29 is 17.6 Å². The number of aromatic nitrogens is 2. The van der Waals surface area contributed by atoms with Crippen LogP contribution in [0.5, 0.6) is 0 Å². The lowest BCUT2D eigenvalue weighted by molar-refractivity contribution is 0.102. The van der Waals surface area contributed by atoms with Gasteiger partial charge >= 0.3 is 0 Å². The number of benzene rings is 2. The molecular weight excluding hydrogens is 439 g/mol. The molecule has 2 heterocycles. The van der Waals surface area contributed by atoms with E-state index in [1.165, 1.54) is 28.6 Å². The molecule has 0 radical (unpaired) electrons. The lowest BCUT2D eigenvalue weighted by Crippen LogP contribution is -2.39. The average Bonchev–Trinajstić information content (AvgIpc) is 3.26. The van der Waals surface area contributed by atoms with E-state index in [1.807, 2.05) is 6.07 Å². The molecule has 1 aliphatic heterocycles. The van der Waals surface area contributed by atoms with Gasteiger partial charge in [-0.3, -0.25) is 4.79 Å². The number of piperidine rings is 1. The molecule has 1 amide bonds. The fourth-order valence-corrected chi connectivity index (χ4v) is 6.17. The van der Waals surface area contributed by atoms with Gasteiger partial charge < -0.3 is 5.32 Å². The number of rotatable bonds is 5. The summed E-state index contributed by atoms with van der Waals surface area (Å²) >= 11 is 1.15. The number of nitrogens with zero attached hydrogens (tertiary/aromatic N) is 3. The van der Waals surface area contributed by atoms with Gasteiger partial charge in [-0.1, -0.05) is 29.5 Å². The molecule has 0 bridgehead atoms. The summed E-state index contributed by atoms with van der Waals surface area (Å²) in [5, 5.41) is 11.6. The lowest BCUT2D eigenvalue weighted by atomic mass is 10.0. The normalized spacial score (nSPS) is 17.4. The van der Waals surface area contributed by atoms with Crippen molar-refractivity contribution in [2.75, 3.05) is 18.4 Å². The van der Waals surface area contributed by atoms with Crippen molar-refractivity contribution in [2.45, 2.75) is 30.6 Å². The summed E-state index contributed by atoms with van der Waals surface area (Å²) < 4.78 is 40.8. The molecule has 10 heteroatoms. The third-order valence-corrected chi connectivity index (χ3v) is 8.29. The van der Waals surface area contributed by atoms with Crippen LogP contribution in [0.1, 0.15) is 39.1 Å². The Bertz CT molecular complexity index is 1200. The van der Waals surface area contributed by atoms with Gasteiger partial charge in [-0.25, -0.2) is 12.8 Å². The summed E-state index contributed by atoms with van der Waals surface area (Å²) in [5.74, 6) is -0.952. The fraction of sp³-hybridized carbons (Fsp3) is 0.286. The smallest absolute Gasteiger partial charge is 0.286 e. The van der Waals surface area contributed by atoms with Crippen LogP contribution in [-0.4, -0.2) is 41.9 Å². The minimum absolute atomic E-state index is 0.127. The zero-order chi connectivity index (χ0) is 22.0. The molecule has 0 saturated carbocycles. The number of aryl methyl sites for hydroxylation is 1. The summed E-state index contributed by atoms with van der Waals surface area (Å²) in [6.45, 7) is 2.53. The summed E-state index contributed by atoms with van der Waals surface area (Å²) in [6, 6.07) is 12.4. The van der Waals surface area contributed by atoms with Crippen LogP contribution < -0.4 is 5.32 Å². The standard InChI is InChI=1S/C21H21FN4O3S2/c1-14-5-2-3-7-18(14)31(28,29)26-12-4-6-15(13-26)20-24-25-21(30-20)19(27)23-17-10-8-16(22)9-11-17/h2-3,5,7-11,15H,4,6,12-13H2,1H3,(H,23,27). The van der Waals surface area contributed by atoms with Gasteiger partial charge in [-0.05, 0) is 55.7 Å². The van der Waals surface area contributed by atoms with E-state index in [0.29, 0.717) is 40.7 Å². The minimum atomic E-state index is -3.61. The quantitative estimate of drug-likeness (QED) is 0.625. The Hall–Kier alpha value is -2.69. The maximum Gasteiger partial charge on any atom is 0.286 e. The number of nitrogens with one attached hydrogen (secondary N) is 1. The van der Waals surface area contributed by atoms with Crippen molar-refractivity contribution in [3.05, 3.63) is 69.9 Å². The number of halogens is 1. The Morgan fingerprint density at radius 3 is 2.65 bits per heavy atom. The number of hydrogen-bond acceptors (Lipinski definition) is 6. The highest BCUT2D eigenvalue weighted by atomic mass is 32.2. The largest absolute Gasteiger partial charge is 0.320 e. The Morgan fingerprint density at radius 1 is 1.16 bits per heavy atom. The highest BCUT2D eigenvalue weighted by Gasteiger charge is 2.33. The number of sulfonamides is 1. The van der Waals surface area contributed by atoms with Gasteiger partial charge in [0.2, 0.25) is 15.0 Å². The van der Waals surface area contributed by atoms with Crippen molar-refractivity contribution in [1.82, 2.24) is 14.5 Å². The first-order chi connectivity index (χ1) is 14.8.